The predicted octanol–water partition coefficient (Wildman–Crippen LogP) is 4.80. The van der Waals surface area contributed by atoms with Crippen LogP contribution in [0.5, 0.6) is 17.2 Å². The van der Waals surface area contributed by atoms with E-state index in [1.165, 1.54) is 0 Å². The predicted molar refractivity (Wildman–Crippen MR) is 98.1 cm³/mol. The zero-order chi connectivity index (χ0) is 17.1. The van der Waals surface area contributed by atoms with Crippen molar-refractivity contribution in [2.24, 2.45) is 0 Å². The molecule has 0 aliphatic heterocycles. The molecule has 0 saturated carbocycles. The van der Waals surface area contributed by atoms with Crippen LogP contribution in [0.25, 0.3) is 22.4 Å². The molecular formula is C18H19BrN2O3. The minimum Gasteiger partial charge on any atom is -0.497 e. The third-order valence-electron chi connectivity index (χ3n) is 3.56. The van der Waals surface area contributed by atoms with Crippen molar-refractivity contribution in [2.45, 2.75) is 13.8 Å². The van der Waals surface area contributed by atoms with E-state index >= 15 is 0 Å². The van der Waals surface area contributed by atoms with Gasteiger partial charge >= 0.3 is 0 Å². The molecule has 5 nitrogen and oxygen atoms in total. The lowest BCUT2D eigenvalue weighted by molar-refractivity contribution is 0.286. The first-order valence-corrected chi connectivity index (χ1v) is 8.58. The van der Waals surface area contributed by atoms with Gasteiger partial charge in [0, 0.05) is 11.6 Å². The summed E-state index contributed by atoms with van der Waals surface area (Å²) in [4.78, 5) is 7.97. The highest BCUT2D eigenvalue weighted by atomic mass is 79.9. The van der Waals surface area contributed by atoms with E-state index in [1.807, 2.05) is 44.2 Å². The van der Waals surface area contributed by atoms with Crippen molar-refractivity contribution >= 4 is 27.0 Å². The number of benzene rings is 2. The van der Waals surface area contributed by atoms with Crippen molar-refractivity contribution in [3.05, 3.63) is 34.8 Å². The molecule has 1 aromatic heterocycles. The fraction of sp³-hybridized carbons (Fsp3) is 0.278. The number of H-pyrrole nitrogens is 1. The van der Waals surface area contributed by atoms with Gasteiger partial charge in [0.05, 0.1) is 35.8 Å². The summed E-state index contributed by atoms with van der Waals surface area (Å²) in [6, 6.07) is 9.67. The zero-order valence-electron chi connectivity index (χ0n) is 13.9. The highest BCUT2D eigenvalue weighted by Crippen LogP contribution is 2.39. The summed E-state index contributed by atoms with van der Waals surface area (Å²) in [6.45, 7) is 5.03. The molecule has 0 fully saturated rings. The van der Waals surface area contributed by atoms with Crippen molar-refractivity contribution in [3.63, 3.8) is 0 Å². The Morgan fingerprint density at radius 2 is 1.88 bits per heavy atom. The first kappa shape index (κ1) is 16.6. The third-order valence-corrected chi connectivity index (χ3v) is 4.15. The van der Waals surface area contributed by atoms with Gasteiger partial charge in [0.1, 0.15) is 11.6 Å². The van der Waals surface area contributed by atoms with E-state index in [-0.39, 0.29) is 0 Å². The second-order valence-corrected chi connectivity index (χ2v) is 5.97. The largest absolute Gasteiger partial charge is 0.497 e. The van der Waals surface area contributed by atoms with Crippen molar-refractivity contribution < 1.29 is 14.2 Å². The Morgan fingerprint density at radius 1 is 1.08 bits per heavy atom. The van der Waals surface area contributed by atoms with Crippen LogP contribution in [0.2, 0.25) is 0 Å². The molecule has 0 amide bonds. The van der Waals surface area contributed by atoms with Gasteiger partial charge in [0.2, 0.25) is 0 Å². The Bertz CT molecular complexity index is 861. The van der Waals surface area contributed by atoms with Crippen molar-refractivity contribution in [1.82, 2.24) is 9.97 Å². The number of imidazole rings is 1. The molecule has 0 aliphatic rings. The van der Waals surface area contributed by atoms with Crippen LogP contribution in [-0.2, 0) is 0 Å². The number of aromatic nitrogens is 2. The van der Waals surface area contributed by atoms with Gasteiger partial charge in [-0.25, -0.2) is 4.98 Å². The molecule has 3 rings (SSSR count). The summed E-state index contributed by atoms with van der Waals surface area (Å²) in [7, 11) is 1.65. The Balaban J connectivity index is 2.08. The van der Waals surface area contributed by atoms with Crippen LogP contribution in [0.1, 0.15) is 13.8 Å². The van der Waals surface area contributed by atoms with Crippen LogP contribution in [0.15, 0.2) is 34.8 Å². The van der Waals surface area contributed by atoms with Crippen LogP contribution in [0.3, 0.4) is 0 Å². The van der Waals surface area contributed by atoms with Crippen LogP contribution in [0, 0.1) is 0 Å². The summed E-state index contributed by atoms with van der Waals surface area (Å²) < 4.78 is 17.5. The van der Waals surface area contributed by atoms with E-state index in [0.717, 1.165) is 32.6 Å². The molecule has 0 spiro atoms. The Kier molecular flexibility index (Phi) is 4.94. The fourth-order valence-electron chi connectivity index (χ4n) is 2.50. The van der Waals surface area contributed by atoms with E-state index in [1.54, 1.807) is 7.11 Å². The molecule has 2 aromatic carbocycles. The third kappa shape index (κ3) is 3.19. The number of nitrogens with one attached hydrogen (secondary N) is 1. The number of halogens is 1. The minimum atomic E-state index is 0.563. The lowest BCUT2D eigenvalue weighted by Gasteiger charge is -2.13. The number of ether oxygens (including phenoxy) is 3. The summed E-state index contributed by atoms with van der Waals surface area (Å²) in [5, 5.41) is 0. The molecule has 24 heavy (non-hydrogen) atoms. The van der Waals surface area contributed by atoms with Crippen LogP contribution in [-0.4, -0.2) is 30.3 Å². The molecule has 0 bridgehead atoms. The topological polar surface area (TPSA) is 56.4 Å². The maximum atomic E-state index is 5.73. The van der Waals surface area contributed by atoms with Gasteiger partial charge in [0.15, 0.2) is 11.5 Å². The van der Waals surface area contributed by atoms with Gasteiger partial charge < -0.3 is 19.2 Å². The van der Waals surface area contributed by atoms with E-state index in [9.17, 15) is 0 Å². The lowest BCUT2D eigenvalue weighted by atomic mass is 10.2. The van der Waals surface area contributed by atoms with Crippen LogP contribution >= 0.6 is 15.9 Å². The maximum absolute atomic E-state index is 5.73. The van der Waals surface area contributed by atoms with Gasteiger partial charge in [0.25, 0.3) is 0 Å². The first-order valence-electron chi connectivity index (χ1n) is 7.79. The molecule has 6 heteroatoms. The second kappa shape index (κ2) is 7.13. The molecule has 3 aromatic rings. The Morgan fingerprint density at radius 3 is 2.58 bits per heavy atom. The number of fused-ring (bicyclic) bond motifs is 1. The first-order chi connectivity index (χ1) is 11.7. The van der Waals surface area contributed by atoms with Gasteiger partial charge in [-0.05, 0) is 54.0 Å². The Labute approximate surface area is 149 Å². The highest BCUT2D eigenvalue weighted by molar-refractivity contribution is 9.10. The molecule has 0 radical (unpaired) electrons. The monoisotopic (exact) mass is 390 g/mol. The van der Waals surface area contributed by atoms with E-state index in [0.29, 0.717) is 24.7 Å². The standard InChI is InChI=1S/C18H19BrN2O3/c1-4-23-16-9-11(8-13(19)17(16)24-5-2)18-20-14-7-6-12(22-3)10-15(14)21-18/h6-10H,4-5H2,1-3H3,(H,20,21). The fourth-order valence-corrected chi connectivity index (χ4v) is 3.06. The SMILES string of the molecule is CCOc1cc(-c2nc3ccc(OC)cc3[nH]2)cc(Br)c1OCC. The minimum absolute atomic E-state index is 0.563. The highest BCUT2D eigenvalue weighted by Gasteiger charge is 2.15. The number of hydrogen-bond acceptors (Lipinski definition) is 4. The molecular weight excluding hydrogens is 372 g/mol. The number of hydrogen-bond donors (Lipinski definition) is 1. The molecule has 0 aliphatic carbocycles. The summed E-state index contributed by atoms with van der Waals surface area (Å²) in [6.07, 6.45) is 0. The van der Waals surface area contributed by atoms with E-state index in [2.05, 4.69) is 25.9 Å². The van der Waals surface area contributed by atoms with Crippen molar-refractivity contribution in [2.75, 3.05) is 20.3 Å². The molecule has 1 heterocycles. The molecule has 0 unspecified atom stereocenters. The van der Waals surface area contributed by atoms with Gasteiger partial charge in [-0.3, -0.25) is 0 Å². The summed E-state index contributed by atoms with van der Waals surface area (Å²) >= 11 is 3.57. The maximum Gasteiger partial charge on any atom is 0.175 e. The lowest BCUT2D eigenvalue weighted by Crippen LogP contribution is -1.99. The number of nitrogens with zero attached hydrogens (tertiary/aromatic N) is 1. The average Bonchev–Trinajstić information content (AvgIpc) is 3.01. The van der Waals surface area contributed by atoms with Gasteiger partial charge in [-0.15, -0.1) is 0 Å². The van der Waals surface area contributed by atoms with E-state index < -0.39 is 0 Å². The van der Waals surface area contributed by atoms with Gasteiger partial charge in [-0.2, -0.15) is 0 Å². The molecule has 0 atom stereocenters. The van der Waals surface area contributed by atoms with Crippen molar-refractivity contribution in [3.8, 4) is 28.6 Å². The van der Waals surface area contributed by atoms with Gasteiger partial charge in [-0.1, -0.05) is 0 Å². The Hall–Kier alpha value is -2.21. The van der Waals surface area contributed by atoms with Crippen LogP contribution < -0.4 is 14.2 Å². The average molecular weight is 391 g/mol. The quantitative estimate of drug-likeness (QED) is 0.656. The number of methoxy groups -OCH3 is 1. The van der Waals surface area contributed by atoms with Crippen molar-refractivity contribution in [1.29, 1.82) is 0 Å². The molecule has 0 saturated heterocycles. The molecule has 1 N–H and O–H groups in total. The second-order valence-electron chi connectivity index (χ2n) is 5.12. The van der Waals surface area contributed by atoms with E-state index in [4.69, 9.17) is 14.2 Å². The summed E-state index contributed by atoms with van der Waals surface area (Å²) in [5.74, 6) is 2.96. The van der Waals surface area contributed by atoms with Crippen LogP contribution in [0.4, 0.5) is 0 Å². The number of aromatic amines is 1. The molecule has 126 valence electrons. The normalized spacial score (nSPS) is 10.8. The summed E-state index contributed by atoms with van der Waals surface area (Å²) in [5.41, 5.74) is 2.73. The smallest absolute Gasteiger partial charge is 0.175 e. The number of rotatable bonds is 6. The zero-order valence-corrected chi connectivity index (χ0v) is 15.4.